The minimum Gasteiger partial charge on any atom is -0.257 e. The zero-order valence-electron chi connectivity index (χ0n) is 5.34. The number of nitrogens with zero attached hydrogens (tertiary/aromatic N) is 1. The second-order valence-corrected chi connectivity index (χ2v) is 1.81. The highest BCUT2D eigenvalue weighted by atomic mass is 19.1. The van der Waals surface area contributed by atoms with Crippen LogP contribution in [-0.2, 0) is 6.42 Å². The van der Waals surface area contributed by atoms with Crippen molar-refractivity contribution >= 4 is 0 Å². The molecular weight excluding hydrogens is 129 g/mol. The van der Waals surface area contributed by atoms with E-state index in [2.05, 4.69) is 10.9 Å². The molecule has 0 aliphatic carbocycles. The van der Waals surface area contributed by atoms with E-state index in [1.54, 1.807) is 0 Å². The third kappa shape index (κ3) is 1.32. The predicted octanol–water partition coefficient (Wildman–Crippen LogP) is 1.40. The van der Waals surface area contributed by atoms with E-state index < -0.39 is 0 Å². The zero-order valence-corrected chi connectivity index (χ0v) is 5.34. The van der Waals surface area contributed by atoms with Gasteiger partial charge in [-0.1, -0.05) is 0 Å². The molecule has 0 aliphatic rings. The molecule has 0 amide bonds. The van der Waals surface area contributed by atoms with Gasteiger partial charge in [0.05, 0.1) is 12.1 Å². The van der Waals surface area contributed by atoms with Crippen LogP contribution in [-0.4, -0.2) is 4.98 Å². The van der Waals surface area contributed by atoms with E-state index in [0.717, 1.165) is 0 Å². The van der Waals surface area contributed by atoms with Crippen LogP contribution >= 0.6 is 0 Å². The molecule has 1 aromatic heterocycles. The van der Waals surface area contributed by atoms with Crippen LogP contribution < -0.4 is 0 Å². The molecule has 0 saturated heterocycles. The first-order valence-corrected chi connectivity index (χ1v) is 2.87. The summed E-state index contributed by atoms with van der Waals surface area (Å²) in [5.41, 5.74) is 0.338. The highest BCUT2D eigenvalue weighted by Crippen LogP contribution is 2.01. The number of hydrogen-bond acceptors (Lipinski definition) is 1. The Balaban J connectivity index is 2.94. The molecule has 0 aliphatic heterocycles. The van der Waals surface area contributed by atoms with E-state index in [1.807, 2.05) is 0 Å². The molecule has 0 atom stereocenters. The average molecular weight is 135 g/mol. The molecule has 1 rings (SSSR count). The van der Waals surface area contributed by atoms with E-state index in [4.69, 9.17) is 6.42 Å². The van der Waals surface area contributed by atoms with Crippen LogP contribution in [0.1, 0.15) is 5.69 Å². The van der Waals surface area contributed by atoms with Crippen LogP contribution in [0.4, 0.5) is 4.39 Å². The Hall–Kier alpha value is -1.36. The van der Waals surface area contributed by atoms with Gasteiger partial charge in [-0.2, -0.15) is 0 Å². The summed E-state index contributed by atoms with van der Waals surface area (Å²) < 4.78 is 12.6. The molecule has 0 unspecified atom stereocenters. The van der Waals surface area contributed by atoms with Crippen molar-refractivity contribution in [3.05, 3.63) is 29.8 Å². The molecule has 1 heterocycles. The highest BCUT2D eigenvalue weighted by molar-refractivity contribution is 5.12. The van der Waals surface area contributed by atoms with Crippen LogP contribution in [0.5, 0.6) is 0 Å². The lowest BCUT2D eigenvalue weighted by molar-refractivity contribution is 0.606. The van der Waals surface area contributed by atoms with Crippen LogP contribution in [0.25, 0.3) is 0 Å². The van der Waals surface area contributed by atoms with Gasteiger partial charge >= 0.3 is 0 Å². The number of halogens is 1. The molecule has 50 valence electrons. The monoisotopic (exact) mass is 135 g/mol. The third-order valence-electron chi connectivity index (χ3n) is 1.10. The molecule has 0 saturated carbocycles. The minimum atomic E-state index is -0.333. The number of terminal acetylenes is 1. The quantitative estimate of drug-likeness (QED) is 0.530. The molecule has 0 spiro atoms. The fourth-order valence-corrected chi connectivity index (χ4v) is 0.645. The first kappa shape index (κ1) is 6.76. The van der Waals surface area contributed by atoms with E-state index in [0.29, 0.717) is 5.69 Å². The largest absolute Gasteiger partial charge is 0.257 e. The predicted molar refractivity (Wildman–Crippen MR) is 36.7 cm³/mol. The van der Waals surface area contributed by atoms with Gasteiger partial charge in [0, 0.05) is 6.20 Å². The summed E-state index contributed by atoms with van der Waals surface area (Å²) in [6.07, 6.45) is 6.75. The smallest absolute Gasteiger partial charge is 0.145 e. The molecule has 0 N–H and O–H groups in total. The van der Waals surface area contributed by atoms with Crippen LogP contribution in [0.15, 0.2) is 18.3 Å². The van der Waals surface area contributed by atoms with Crippen molar-refractivity contribution in [2.75, 3.05) is 0 Å². The van der Waals surface area contributed by atoms with Gasteiger partial charge in [0.1, 0.15) is 5.82 Å². The van der Waals surface area contributed by atoms with Gasteiger partial charge in [-0.15, -0.1) is 12.3 Å². The second kappa shape index (κ2) is 2.98. The summed E-state index contributed by atoms with van der Waals surface area (Å²) in [5.74, 6) is 1.99. The molecule has 0 aromatic carbocycles. The lowest BCUT2D eigenvalue weighted by Gasteiger charge is -1.93. The summed E-state index contributed by atoms with van der Waals surface area (Å²) in [4.78, 5) is 3.75. The fourth-order valence-electron chi connectivity index (χ4n) is 0.645. The van der Waals surface area contributed by atoms with Crippen molar-refractivity contribution < 1.29 is 4.39 Å². The Bertz CT molecular complexity index is 262. The molecule has 10 heavy (non-hydrogen) atoms. The Morgan fingerprint density at radius 3 is 3.10 bits per heavy atom. The maximum atomic E-state index is 12.6. The van der Waals surface area contributed by atoms with Crippen molar-refractivity contribution in [1.29, 1.82) is 0 Å². The first-order valence-electron chi connectivity index (χ1n) is 2.87. The van der Waals surface area contributed by atoms with E-state index in [-0.39, 0.29) is 12.2 Å². The summed E-state index contributed by atoms with van der Waals surface area (Å²) >= 11 is 0. The standard InChI is InChI=1S/C8H6FN/c1-2-4-8-7(9)5-3-6-10-8/h1,3,5-6H,4H2. The van der Waals surface area contributed by atoms with Crippen LogP contribution in [0.2, 0.25) is 0 Å². The third-order valence-corrected chi connectivity index (χ3v) is 1.10. The molecule has 0 bridgehead atoms. The van der Waals surface area contributed by atoms with Crippen molar-refractivity contribution in [2.45, 2.75) is 6.42 Å². The van der Waals surface area contributed by atoms with Gasteiger partial charge in [0.25, 0.3) is 0 Å². The summed E-state index contributed by atoms with van der Waals surface area (Å²) in [6.45, 7) is 0. The molecule has 0 radical (unpaired) electrons. The van der Waals surface area contributed by atoms with Gasteiger partial charge in [-0.3, -0.25) is 4.98 Å². The number of hydrogen-bond donors (Lipinski definition) is 0. The van der Waals surface area contributed by atoms with E-state index >= 15 is 0 Å². The van der Waals surface area contributed by atoms with Crippen molar-refractivity contribution in [2.24, 2.45) is 0 Å². The molecule has 2 heteroatoms. The van der Waals surface area contributed by atoms with Gasteiger partial charge < -0.3 is 0 Å². The lowest BCUT2D eigenvalue weighted by atomic mass is 10.3. The normalized spacial score (nSPS) is 8.80. The van der Waals surface area contributed by atoms with Crippen molar-refractivity contribution in [1.82, 2.24) is 4.98 Å². The number of aromatic nitrogens is 1. The maximum Gasteiger partial charge on any atom is 0.145 e. The van der Waals surface area contributed by atoms with Gasteiger partial charge in [0.15, 0.2) is 0 Å². The maximum absolute atomic E-state index is 12.6. The average Bonchev–Trinajstić information content (AvgIpc) is 1.94. The Morgan fingerprint density at radius 1 is 1.70 bits per heavy atom. The molecule has 1 aromatic rings. The van der Waals surface area contributed by atoms with E-state index in [9.17, 15) is 4.39 Å². The van der Waals surface area contributed by atoms with Crippen LogP contribution in [0.3, 0.4) is 0 Å². The second-order valence-electron chi connectivity index (χ2n) is 1.81. The Labute approximate surface area is 58.9 Å². The molecule has 0 fully saturated rings. The number of pyridine rings is 1. The van der Waals surface area contributed by atoms with Crippen LogP contribution in [0, 0.1) is 18.2 Å². The first-order chi connectivity index (χ1) is 4.84. The Kier molecular flexibility index (Phi) is 2.01. The van der Waals surface area contributed by atoms with E-state index in [1.165, 1.54) is 18.3 Å². The fraction of sp³-hybridized carbons (Fsp3) is 0.125. The van der Waals surface area contributed by atoms with Gasteiger partial charge in [-0.25, -0.2) is 4.39 Å². The molecule has 1 nitrogen and oxygen atoms in total. The summed E-state index contributed by atoms with van der Waals surface area (Å²) in [5, 5.41) is 0. The zero-order chi connectivity index (χ0) is 7.40. The lowest BCUT2D eigenvalue weighted by Crippen LogP contribution is -1.91. The Morgan fingerprint density at radius 2 is 2.50 bits per heavy atom. The highest BCUT2D eigenvalue weighted by Gasteiger charge is 1.97. The minimum absolute atomic E-state index is 0.257. The summed E-state index contributed by atoms with van der Waals surface area (Å²) in [7, 11) is 0. The SMILES string of the molecule is C#CCc1ncccc1F. The van der Waals surface area contributed by atoms with Gasteiger partial charge in [0.2, 0.25) is 0 Å². The topological polar surface area (TPSA) is 12.9 Å². The number of rotatable bonds is 1. The molecular formula is C8H6FN. The van der Waals surface area contributed by atoms with Crippen molar-refractivity contribution in [3.63, 3.8) is 0 Å². The van der Waals surface area contributed by atoms with Crippen molar-refractivity contribution in [3.8, 4) is 12.3 Å². The summed E-state index contributed by atoms with van der Waals surface area (Å²) in [6, 6.07) is 2.88. The van der Waals surface area contributed by atoms with Gasteiger partial charge in [-0.05, 0) is 12.1 Å².